The van der Waals surface area contributed by atoms with Crippen molar-refractivity contribution in [1.82, 2.24) is 0 Å². The summed E-state index contributed by atoms with van der Waals surface area (Å²) in [6.07, 6.45) is 1.82. The molecule has 1 aromatic carbocycles. The maximum atomic E-state index is 11.6. The van der Waals surface area contributed by atoms with Gasteiger partial charge in [0.1, 0.15) is 5.75 Å². The monoisotopic (exact) mass is 190 g/mol. The lowest BCUT2D eigenvalue weighted by Crippen LogP contribution is -2.14. The molecular formula is C12H14O2. The molecule has 0 bridgehead atoms. The van der Waals surface area contributed by atoms with E-state index in [9.17, 15) is 4.79 Å². The molecule has 0 aliphatic carbocycles. The van der Waals surface area contributed by atoms with Crippen LogP contribution in [0.15, 0.2) is 18.2 Å². The zero-order valence-corrected chi connectivity index (χ0v) is 8.54. The first-order chi connectivity index (χ1) is 6.72. The highest BCUT2D eigenvalue weighted by Gasteiger charge is 2.28. The van der Waals surface area contributed by atoms with Gasteiger partial charge in [0.15, 0.2) is 6.10 Å². The highest BCUT2D eigenvalue weighted by molar-refractivity contribution is 6.04. The van der Waals surface area contributed by atoms with Crippen molar-refractivity contribution in [2.24, 2.45) is 0 Å². The third-order valence-corrected chi connectivity index (χ3v) is 2.52. The van der Waals surface area contributed by atoms with Gasteiger partial charge >= 0.3 is 0 Å². The second-order valence-corrected chi connectivity index (χ2v) is 3.70. The van der Waals surface area contributed by atoms with Crippen molar-refractivity contribution in [2.45, 2.75) is 32.8 Å². The molecule has 74 valence electrons. The van der Waals surface area contributed by atoms with Crippen LogP contribution in [-0.2, 0) is 6.42 Å². The number of ketones is 1. The Balaban J connectivity index is 2.36. The van der Waals surface area contributed by atoms with Crippen molar-refractivity contribution in [3.63, 3.8) is 0 Å². The van der Waals surface area contributed by atoms with Gasteiger partial charge in [-0.25, -0.2) is 0 Å². The van der Waals surface area contributed by atoms with E-state index in [4.69, 9.17) is 4.74 Å². The fourth-order valence-electron chi connectivity index (χ4n) is 1.78. The number of hydrogen-bond acceptors (Lipinski definition) is 2. The van der Waals surface area contributed by atoms with Crippen LogP contribution in [0.1, 0.15) is 36.2 Å². The Morgan fingerprint density at radius 2 is 2.21 bits per heavy atom. The summed E-state index contributed by atoms with van der Waals surface area (Å²) in [6.45, 7) is 3.93. The number of ether oxygens (including phenoxy) is 1. The number of fused-ring (bicyclic) bond motifs is 1. The predicted octanol–water partition coefficient (Wildman–Crippen LogP) is 2.60. The van der Waals surface area contributed by atoms with Crippen LogP contribution in [0.4, 0.5) is 0 Å². The maximum absolute atomic E-state index is 11.6. The van der Waals surface area contributed by atoms with E-state index in [1.54, 1.807) is 6.92 Å². The summed E-state index contributed by atoms with van der Waals surface area (Å²) in [5, 5.41) is 0. The van der Waals surface area contributed by atoms with Crippen molar-refractivity contribution >= 4 is 5.78 Å². The molecule has 1 heterocycles. The van der Waals surface area contributed by atoms with Gasteiger partial charge in [-0.1, -0.05) is 19.4 Å². The third-order valence-electron chi connectivity index (χ3n) is 2.52. The van der Waals surface area contributed by atoms with Crippen LogP contribution in [0.2, 0.25) is 0 Å². The molecule has 0 fully saturated rings. The first kappa shape index (κ1) is 9.25. The van der Waals surface area contributed by atoms with Gasteiger partial charge < -0.3 is 4.74 Å². The van der Waals surface area contributed by atoms with Crippen molar-refractivity contribution in [3.05, 3.63) is 29.3 Å². The van der Waals surface area contributed by atoms with Crippen molar-refractivity contribution in [2.75, 3.05) is 0 Å². The Bertz CT molecular complexity index is 369. The van der Waals surface area contributed by atoms with Crippen LogP contribution < -0.4 is 4.74 Å². The molecule has 2 nitrogen and oxygen atoms in total. The summed E-state index contributed by atoms with van der Waals surface area (Å²) in [5.41, 5.74) is 1.97. The zero-order chi connectivity index (χ0) is 10.1. The lowest BCUT2D eigenvalue weighted by atomic mass is 10.0. The number of aryl methyl sites for hydroxylation is 1. The van der Waals surface area contributed by atoms with Gasteiger partial charge in [0, 0.05) is 0 Å². The fourth-order valence-corrected chi connectivity index (χ4v) is 1.78. The van der Waals surface area contributed by atoms with Gasteiger partial charge in [-0.05, 0) is 31.0 Å². The zero-order valence-electron chi connectivity index (χ0n) is 8.54. The summed E-state index contributed by atoms with van der Waals surface area (Å²) in [6, 6.07) is 5.90. The number of hydrogen-bond donors (Lipinski definition) is 0. The first-order valence-electron chi connectivity index (χ1n) is 5.06. The summed E-state index contributed by atoms with van der Waals surface area (Å²) in [4.78, 5) is 11.6. The van der Waals surface area contributed by atoms with Crippen LogP contribution in [0.25, 0.3) is 0 Å². The predicted molar refractivity (Wildman–Crippen MR) is 54.9 cm³/mol. The minimum atomic E-state index is -0.304. The van der Waals surface area contributed by atoms with Crippen LogP contribution in [0.3, 0.4) is 0 Å². The Labute approximate surface area is 83.9 Å². The summed E-state index contributed by atoms with van der Waals surface area (Å²) in [5.74, 6) is 0.848. The van der Waals surface area contributed by atoms with E-state index < -0.39 is 0 Å². The highest BCUT2D eigenvalue weighted by Crippen LogP contribution is 2.29. The Morgan fingerprint density at radius 3 is 2.93 bits per heavy atom. The third kappa shape index (κ3) is 1.41. The van der Waals surface area contributed by atoms with Crippen LogP contribution in [-0.4, -0.2) is 11.9 Å². The van der Waals surface area contributed by atoms with E-state index in [1.165, 1.54) is 5.56 Å². The topological polar surface area (TPSA) is 26.3 Å². The first-order valence-corrected chi connectivity index (χ1v) is 5.06. The summed E-state index contributed by atoms with van der Waals surface area (Å²) < 4.78 is 5.40. The molecule has 0 saturated heterocycles. The molecule has 1 aliphatic rings. The SMILES string of the molecule is CCCc1ccc2c(c1)C(=O)C(C)O2. The lowest BCUT2D eigenvalue weighted by molar-refractivity contribution is 0.0878. The van der Waals surface area contributed by atoms with E-state index >= 15 is 0 Å². The van der Waals surface area contributed by atoms with E-state index in [1.807, 2.05) is 18.2 Å². The van der Waals surface area contributed by atoms with Crippen LogP contribution >= 0.6 is 0 Å². The van der Waals surface area contributed by atoms with Gasteiger partial charge in [0.05, 0.1) is 5.56 Å². The molecule has 0 spiro atoms. The van der Waals surface area contributed by atoms with Gasteiger partial charge in [-0.15, -0.1) is 0 Å². The number of carbonyl (C=O) groups excluding carboxylic acids is 1. The van der Waals surface area contributed by atoms with Gasteiger partial charge in [0.2, 0.25) is 5.78 Å². The molecule has 0 saturated carbocycles. The lowest BCUT2D eigenvalue weighted by Gasteiger charge is -2.01. The second kappa shape index (κ2) is 3.45. The standard InChI is InChI=1S/C12H14O2/c1-3-4-9-5-6-11-10(7-9)12(13)8(2)14-11/h5-8H,3-4H2,1-2H3. The molecule has 1 aromatic rings. The molecule has 0 N–H and O–H groups in total. The number of carbonyl (C=O) groups is 1. The maximum Gasteiger partial charge on any atom is 0.206 e. The van der Waals surface area contributed by atoms with E-state index in [0.29, 0.717) is 0 Å². The van der Waals surface area contributed by atoms with E-state index in [2.05, 4.69) is 6.92 Å². The average Bonchev–Trinajstić information content (AvgIpc) is 2.45. The summed E-state index contributed by atoms with van der Waals surface area (Å²) >= 11 is 0. The molecule has 1 atom stereocenters. The molecule has 2 rings (SSSR count). The highest BCUT2D eigenvalue weighted by atomic mass is 16.5. The minimum absolute atomic E-state index is 0.109. The summed E-state index contributed by atoms with van der Waals surface area (Å²) in [7, 11) is 0. The van der Waals surface area contributed by atoms with Crippen molar-refractivity contribution < 1.29 is 9.53 Å². The van der Waals surface area contributed by atoms with Crippen molar-refractivity contribution in [1.29, 1.82) is 0 Å². The molecule has 0 radical (unpaired) electrons. The average molecular weight is 190 g/mol. The Morgan fingerprint density at radius 1 is 1.43 bits per heavy atom. The number of Topliss-reactive ketones (excluding diaryl/α,β-unsaturated/α-hetero) is 1. The van der Waals surface area contributed by atoms with Gasteiger partial charge in [-0.2, -0.15) is 0 Å². The van der Waals surface area contributed by atoms with E-state index in [-0.39, 0.29) is 11.9 Å². The molecule has 0 amide bonds. The van der Waals surface area contributed by atoms with Gasteiger partial charge in [-0.3, -0.25) is 4.79 Å². The Kier molecular flexibility index (Phi) is 2.28. The smallest absolute Gasteiger partial charge is 0.206 e. The van der Waals surface area contributed by atoms with Crippen molar-refractivity contribution in [3.8, 4) is 5.75 Å². The van der Waals surface area contributed by atoms with Crippen LogP contribution in [0.5, 0.6) is 5.75 Å². The Hall–Kier alpha value is -1.31. The number of benzene rings is 1. The normalized spacial score (nSPS) is 19.3. The second-order valence-electron chi connectivity index (χ2n) is 3.70. The van der Waals surface area contributed by atoms with E-state index in [0.717, 1.165) is 24.2 Å². The fraction of sp³-hybridized carbons (Fsp3) is 0.417. The molecule has 0 aromatic heterocycles. The largest absolute Gasteiger partial charge is 0.482 e. The molecule has 14 heavy (non-hydrogen) atoms. The minimum Gasteiger partial charge on any atom is -0.482 e. The van der Waals surface area contributed by atoms with Gasteiger partial charge in [0.25, 0.3) is 0 Å². The molecule has 2 heteroatoms. The van der Waals surface area contributed by atoms with Crippen LogP contribution in [0, 0.1) is 0 Å². The quantitative estimate of drug-likeness (QED) is 0.716. The molecule has 1 unspecified atom stereocenters. The molecule has 1 aliphatic heterocycles. The molecular weight excluding hydrogens is 176 g/mol. The number of rotatable bonds is 2.